The van der Waals surface area contributed by atoms with Gasteiger partial charge in [0, 0.05) is 91.3 Å². The third-order valence-corrected chi connectivity index (χ3v) is 14.7. The van der Waals surface area contributed by atoms with E-state index in [-0.39, 0.29) is 5.78 Å². The van der Waals surface area contributed by atoms with Crippen LogP contribution in [0.3, 0.4) is 0 Å². The van der Waals surface area contributed by atoms with Crippen molar-refractivity contribution in [2.45, 2.75) is 129 Å². The number of ketones is 1. The van der Waals surface area contributed by atoms with Crippen LogP contribution < -0.4 is 10.1 Å². The van der Waals surface area contributed by atoms with E-state index in [1.165, 1.54) is 104 Å². The minimum atomic E-state index is -0.534. The second-order valence-electron chi connectivity index (χ2n) is 19.6. The molecule has 1 aliphatic heterocycles. The molecule has 360 valence electrons. The maximum absolute atomic E-state index is 11.9. The van der Waals surface area contributed by atoms with Crippen LogP contribution in [0.4, 0.5) is 0 Å². The summed E-state index contributed by atoms with van der Waals surface area (Å²) in [6, 6.07) is 16.1. The first-order chi connectivity index (χ1) is 32.2. The number of carbonyl (C=O) groups excluding carboxylic acids is 2. The van der Waals surface area contributed by atoms with E-state index in [0.29, 0.717) is 42.2 Å². The summed E-state index contributed by atoms with van der Waals surface area (Å²) < 4.78 is 13.3. The number of nitrogens with zero attached hydrogens (tertiary/aromatic N) is 5. The van der Waals surface area contributed by atoms with Gasteiger partial charge in [-0.1, -0.05) is 56.0 Å². The molecule has 3 saturated carbocycles. The standard InChI is InChI=1S/C23H24N2O.C18H23NO3.C16H31N3/c1-4-17(9-8-16(2)26-19-6-5-7-19)18-10-11-20-21-15-24-13-12-22(21)25(3)23(20)14-18;1-6-7-8-18(15(4)21)19(12-20)14(3)17-11-16(22-5)10-9-13(17)2;1-13(2)19(15-5-4-6-15)8-7-18-11-16(12-18)9-14(10-16)17-3/h4,8-15,19H,2,5-7H2,1,3H3;6,9-12,18H,1,3,7-8H2,2,4-5H3;13-15,17H,4-12H2,1-3H3/b9-8-,17-4+;;. The third-order valence-electron chi connectivity index (χ3n) is 14.7. The van der Waals surface area contributed by atoms with Crippen molar-refractivity contribution in [3.8, 4) is 5.75 Å². The maximum atomic E-state index is 11.9. The van der Waals surface area contributed by atoms with E-state index in [1.54, 1.807) is 13.2 Å². The van der Waals surface area contributed by atoms with Crippen molar-refractivity contribution in [1.29, 1.82) is 0 Å². The van der Waals surface area contributed by atoms with Crippen LogP contribution in [-0.4, -0.2) is 107 Å². The summed E-state index contributed by atoms with van der Waals surface area (Å²) >= 11 is 0. The van der Waals surface area contributed by atoms with Crippen LogP contribution in [0.5, 0.6) is 5.75 Å². The second-order valence-corrected chi connectivity index (χ2v) is 19.6. The van der Waals surface area contributed by atoms with Crippen molar-refractivity contribution in [2.24, 2.45) is 12.5 Å². The normalized spacial score (nSPS) is 17.7. The van der Waals surface area contributed by atoms with Gasteiger partial charge in [0.1, 0.15) is 11.5 Å². The van der Waals surface area contributed by atoms with Crippen LogP contribution in [0, 0.1) is 12.3 Å². The molecule has 10 heteroatoms. The molecule has 1 unspecified atom stereocenters. The van der Waals surface area contributed by atoms with Gasteiger partial charge in [0.05, 0.1) is 24.8 Å². The zero-order chi connectivity index (χ0) is 48.3. The maximum Gasteiger partial charge on any atom is 0.214 e. The van der Waals surface area contributed by atoms with Gasteiger partial charge in [0.2, 0.25) is 6.41 Å². The number of pyridine rings is 1. The fourth-order valence-electron chi connectivity index (χ4n) is 10.2. The molecule has 1 N–H and O–H groups in total. The van der Waals surface area contributed by atoms with Gasteiger partial charge in [-0.05, 0) is 152 Å². The average Bonchev–Trinajstić information content (AvgIpc) is 3.55. The Morgan fingerprint density at radius 3 is 2.33 bits per heavy atom. The first-order valence-corrected chi connectivity index (χ1v) is 24.6. The number of hydrogen-bond acceptors (Lipinski definition) is 8. The Morgan fingerprint density at radius 1 is 1.01 bits per heavy atom. The molecule has 3 aliphatic carbocycles. The van der Waals surface area contributed by atoms with Crippen LogP contribution in [-0.2, 0) is 21.4 Å². The van der Waals surface area contributed by atoms with Crippen LogP contribution >= 0.6 is 0 Å². The fourth-order valence-corrected chi connectivity index (χ4v) is 10.2. The van der Waals surface area contributed by atoms with Crippen molar-refractivity contribution in [1.82, 2.24) is 29.6 Å². The Bertz CT molecular complexity index is 2410. The number of nitrogens with one attached hydrogen (secondary N) is 1. The summed E-state index contributed by atoms with van der Waals surface area (Å²) in [5.41, 5.74) is 7.72. The molecule has 2 aromatic heterocycles. The zero-order valence-electron chi connectivity index (χ0n) is 41.9. The molecular formula is C57H78N6O4. The lowest BCUT2D eigenvalue weighted by molar-refractivity contribution is -0.127. The van der Waals surface area contributed by atoms with Crippen molar-refractivity contribution >= 4 is 45.3 Å². The lowest BCUT2D eigenvalue weighted by atomic mass is 9.60. The highest BCUT2D eigenvalue weighted by atomic mass is 16.5. The largest absolute Gasteiger partial charge is 0.497 e. The number of aryl methyl sites for hydroxylation is 2. The van der Waals surface area contributed by atoms with E-state index in [4.69, 9.17) is 9.47 Å². The van der Waals surface area contributed by atoms with E-state index < -0.39 is 6.04 Å². The molecule has 1 atom stereocenters. The molecule has 1 amide bonds. The molecule has 1 saturated heterocycles. The second kappa shape index (κ2) is 23.6. The lowest BCUT2D eigenvalue weighted by Gasteiger charge is -2.59. The van der Waals surface area contributed by atoms with E-state index in [2.05, 4.69) is 116 Å². The highest BCUT2D eigenvalue weighted by Gasteiger charge is 2.51. The number of amides is 1. The van der Waals surface area contributed by atoms with Crippen molar-refractivity contribution < 1.29 is 19.1 Å². The molecule has 4 fully saturated rings. The summed E-state index contributed by atoms with van der Waals surface area (Å²) in [4.78, 5) is 34.5. The van der Waals surface area contributed by atoms with Gasteiger partial charge < -0.3 is 29.2 Å². The first kappa shape index (κ1) is 51.1. The van der Waals surface area contributed by atoms with Crippen molar-refractivity contribution in [3.63, 3.8) is 0 Å². The molecule has 4 aliphatic rings. The molecule has 0 radical (unpaired) electrons. The summed E-state index contributed by atoms with van der Waals surface area (Å²) in [6.45, 7) is 27.2. The number of Topliss-reactive ketones (excluding diaryl/α,β-unsaturated/α-hetero) is 1. The molecule has 4 aromatic rings. The quantitative estimate of drug-likeness (QED) is 0.0406. The summed E-state index contributed by atoms with van der Waals surface area (Å²) in [7, 11) is 5.79. The van der Waals surface area contributed by atoms with Crippen LogP contribution in [0.2, 0.25) is 0 Å². The number of aromatic nitrogens is 2. The van der Waals surface area contributed by atoms with E-state index in [0.717, 1.165) is 53.4 Å². The topological polar surface area (TPSA) is 92.2 Å². The van der Waals surface area contributed by atoms with Crippen LogP contribution in [0.25, 0.3) is 33.1 Å². The SMILES string of the molecule is C=C(/C=C\C(=C/C)c1ccc2c3cnccc3n(C)c2c1)OC1CCC1.C=CCCC(C(C)=O)N(C=O)C(=C)c1cc(OC)ccc1C.CNC1CC2(C1)CN(CCN(C(C)C)C1CCC1)C2. The predicted molar refractivity (Wildman–Crippen MR) is 278 cm³/mol. The summed E-state index contributed by atoms with van der Waals surface area (Å²) in [5.74, 6) is 1.35. The first-order valence-electron chi connectivity index (χ1n) is 24.6. The molecule has 3 heterocycles. The van der Waals surface area contributed by atoms with Crippen molar-refractivity contribution in [3.05, 3.63) is 121 Å². The number of rotatable bonds is 20. The van der Waals surface area contributed by atoms with Crippen LogP contribution in [0.15, 0.2) is 105 Å². The van der Waals surface area contributed by atoms with Crippen molar-refractivity contribution in [2.75, 3.05) is 40.3 Å². The molecule has 2 aromatic carbocycles. The van der Waals surface area contributed by atoms with E-state index in [1.807, 2.05) is 43.6 Å². The Hall–Kier alpha value is -5.29. The Morgan fingerprint density at radius 2 is 1.75 bits per heavy atom. The zero-order valence-corrected chi connectivity index (χ0v) is 41.9. The molecule has 10 nitrogen and oxygen atoms in total. The summed E-state index contributed by atoms with van der Waals surface area (Å²) in [5, 5.41) is 5.83. The smallest absolute Gasteiger partial charge is 0.214 e. The molecule has 0 bridgehead atoms. The highest BCUT2D eigenvalue weighted by Crippen LogP contribution is 2.48. The summed E-state index contributed by atoms with van der Waals surface area (Å²) in [6.07, 6.45) is 24.6. The molecular weight excluding hydrogens is 833 g/mol. The van der Waals surface area contributed by atoms with Crippen LogP contribution in [0.1, 0.15) is 109 Å². The lowest BCUT2D eigenvalue weighted by Crippen LogP contribution is -2.66. The number of allylic oxidation sites excluding steroid dienone is 5. The molecule has 1 spiro atoms. The predicted octanol–water partition coefficient (Wildman–Crippen LogP) is 11.1. The number of hydrogen-bond donors (Lipinski definition) is 1. The van der Waals surface area contributed by atoms with Gasteiger partial charge >= 0.3 is 0 Å². The minimum absolute atomic E-state index is 0.0735. The van der Waals surface area contributed by atoms with Gasteiger partial charge in [-0.15, -0.1) is 6.58 Å². The van der Waals surface area contributed by atoms with Gasteiger partial charge in [0.25, 0.3) is 0 Å². The monoisotopic (exact) mass is 911 g/mol. The van der Waals surface area contributed by atoms with Gasteiger partial charge in [-0.3, -0.25) is 19.5 Å². The highest BCUT2D eigenvalue weighted by molar-refractivity contribution is 6.08. The minimum Gasteiger partial charge on any atom is -0.497 e. The number of ether oxygens (including phenoxy) is 2. The number of fused-ring (bicyclic) bond motifs is 3. The number of likely N-dealkylation sites (tertiary alicyclic amines) is 1. The van der Waals surface area contributed by atoms with Gasteiger partial charge in [0.15, 0.2) is 5.78 Å². The third kappa shape index (κ3) is 12.4. The Kier molecular flexibility index (Phi) is 18.0. The average molecular weight is 911 g/mol. The molecule has 8 rings (SSSR count). The van der Waals surface area contributed by atoms with E-state index >= 15 is 0 Å². The Balaban J connectivity index is 0.000000168. The Labute approximate surface area is 401 Å². The number of carbonyl (C=O) groups is 2. The van der Waals surface area contributed by atoms with Gasteiger partial charge in [-0.2, -0.15) is 0 Å². The molecule has 67 heavy (non-hydrogen) atoms. The number of benzene rings is 2. The van der Waals surface area contributed by atoms with Gasteiger partial charge in [-0.25, -0.2) is 0 Å². The fraction of sp³-hybridized carbons (Fsp3) is 0.491. The number of methoxy groups -OCH3 is 1. The van der Waals surface area contributed by atoms with E-state index in [9.17, 15) is 9.59 Å².